The maximum absolute atomic E-state index is 12.2. The molecule has 1 aliphatic rings. The predicted molar refractivity (Wildman–Crippen MR) is 134 cm³/mol. The van der Waals surface area contributed by atoms with Gasteiger partial charge in [-0.15, -0.1) is 0 Å². The number of rotatable bonds is 7. The van der Waals surface area contributed by atoms with Gasteiger partial charge < -0.3 is 20.8 Å². The van der Waals surface area contributed by atoms with E-state index >= 15 is 0 Å². The minimum Gasteiger partial charge on any atom is -0.475 e. The average molecular weight is 580 g/mol. The van der Waals surface area contributed by atoms with Crippen molar-refractivity contribution in [2.45, 2.75) is 44.7 Å². The molecule has 2 aromatic rings. The minimum atomic E-state index is -5.08. The number of benzene rings is 2. The summed E-state index contributed by atoms with van der Waals surface area (Å²) >= 11 is 0. The van der Waals surface area contributed by atoms with Crippen LogP contribution in [0.2, 0.25) is 0 Å². The summed E-state index contributed by atoms with van der Waals surface area (Å²) < 4.78 is 63.5. The number of carboxylic acid groups (broad SMARTS) is 2. The van der Waals surface area contributed by atoms with Crippen LogP contribution in [0.25, 0.3) is 0 Å². The van der Waals surface area contributed by atoms with E-state index in [-0.39, 0.29) is 5.91 Å². The molecule has 222 valence electrons. The van der Waals surface area contributed by atoms with Crippen molar-refractivity contribution < 1.29 is 50.9 Å². The van der Waals surface area contributed by atoms with Crippen molar-refractivity contribution in [2.24, 2.45) is 0 Å². The highest BCUT2D eigenvalue weighted by Crippen LogP contribution is 2.15. The van der Waals surface area contributed by atoms with E-state index in [2.05, 4.69) is 45.9 Å². The van der Waals surface area contributed by atoms with Crippen LogP contribution >= 0.6 is 0 Å². The van der Waals surface area contributed by atoms with Gasteiger partial charge in [-0.05, 0) is 50.0 Å². The maximum atomic E-state index is 12.2. The summed E-state index contributed by atoms with van der Waals surface area (Å²) in [6.45, 7) is 6.75. The monoisotopic (exact) mass is 579 g/mol. The Hall–Kier alpha value is -3.65. The largest absolute Gasteiger partial charge is 0.490 e. The molecule has 40 heavy (non-hydrogen) atoms. The third kappa shape index (κ3) is 13.9. The number of nitrogens with zero attached hydrogens (tertiary/aromatic N) is 1. The van der Waals surface area contributed by atoms with E-state index in [9.17, 15) is 31.1 Å². The van der Waals surface area contributed by atoms with Crippen LogP contribution in [0, 0.1) is 6.92 Å². The molecule has 1 heterocycles. The molecule has 0 aromatic heterocycles. The van der Waals surface area contributed by atoms with E-state index in [1.165, 1.54) is 18.4 Å². The van der Waals surface area contributed by atoms with Gasteiger partial charge in [0, 0.05) is 31.2 Å². The first-order chi connectivity index (χ1) is 18.6. The number of alkyl halides is 6. The number of carboxylic acids is 2. The molecule has 1 fully saturated rings. The van der Waals surface area contributed by atoms with E-state index < -0.39 is 24.3 Å². The van der Waals surface area contributed by atoms with Gasteiger partial charge in [0.1, 0.15) is 0 Å². The van der Waals surface area contributed by atoms with Crippen LogP contribution < -0.4 is 10.6 Å². The number of aliphatic carboxylic acids is 2. The summed E-state index contributed by atoms with van der Waals surface area (Å²) in [4.78, 5) is 32.5. The second kappa shape index (κ2) is 16.5. The first-order valence-electron chi connectivity index (χ1n) is 12.0. The van der Waals surface area contributed by atoms with Crippen molar-refractivity contribution in [2.75, 3.05) is 26.2 Å². The Kier molecular flexibility index (Phi) is 14.1. The number of halogens is 6. The number of aryl methyl sites for hydroxylation is 1. The Balaban J connectivity index is 0.000000473. The Labute approximate surface area is 227 Å². The van der Waals surface area contributed by atoms with Crippen molar-refractivity contribution in [1.29, 1.82) is 0 Å². The van der Waals surface area contributed by atoms with Crippen LogP contribution in [0.15, 0.2) is 54.6 Å². The van der Waals surface area contributed by atoms with Gasteiger partial charge in [-0.2, -0.15) is 26.3 Å². The van der Waals surface area contributed by atoms with Gasteiger partial charge >= 0.3 is 24.3 Å². The lowest BCUT2D eigenvalue weighted by Crippen LogP contribution is -2.44. The van der Waals surface area contributed by atoms with Gasteiger partial charge in [0.2, 0.25) is 0 Å². The van der Waals surface area contributed by atoms with Crippen LogP contribution in [0.3, 0.4) is 0 Å². The summed E-state index contributed by atoms with van der Waals surface area (Å²) in [6, 6.07) is 18.9. The Morgan fingerprint density at radius 3 is 1.77 bits per heavy atom. The molecule has 3 rings (SSSR count). The van der Waals surface area contributed by atoms with E-state index in [0.717, 1.165) is 37.3 Å². The molecule has 1 aliphatic heterocycles. The molecule has 0 unspecified atom stereocenters. The average Bonchev–Trinajstić information content (AvgIpc) is 2.88. The zero-order valence-electron chi connectivity index (χ0n) is 21.6. The maximum Gasteiger partial charge on any atom is 0.490 e. The highest BCUT2D eigenvalue weighted by atomic mass is 19.4. The van der Waals surface area contributed by atoms with E-state index in [0.29, 0.717) is 12.6 Å². The van der Waals surface area contributed by atoms with Crippen LogP contribution in [0.4, 0.5) is 26.3 Å². The third-order valence-corrected chi connectivity index (χ3v) is 5.55. The highest BCUT2D eigenvalue weighted by Gasteiger charge is 2.38. The molecule has 2 aromatic carbocycles. The number of carbonyl (C=O) groups excluding carboxylic acids is 1. The molecule has 14 heteroatoms. The molecule has 8 nitrogen and oxygen atoms in total. The first-order valence-corrected chi connectivity index (χ1v) is 12.0. The van der Waals surface area contributed by atoms with E-state index in [4.69, 9.17) is 19.8 Å². The summed E-state index contributed by atoms with van der Waals surface area (Å²) in [5.41, 5.74) is 3.17. The molecule has 0 spiro atoms. The molecule has 4 N–H and O–H groups in total. The fourth-order valence-electron chi connectivity index (χ4n) is 3.51. The molecular formula is C26H31F6N3O5. The smallest absolute Gasteiger partial charge is 0.475 e. The Morgan fingerprint density at radius 2 is 1.30 bits per heavy atom. The zero-order chi connectivity index (χ0) is 30.3. The van der Waals surface area contributed by atoms with Gasteiger partial charge in [-0.1, -0.05) is 48.5 Å². The van der Waals surface area contributed by atoms with Crippen molar-refractivity contribution >= 4 is 17.8 Å². The second-order valence-corrected chi connectivity index (χ2v) is 8.67. The lowest BCUT2D eigenvalue weighted by Gasteiger charge is -2.32. The van der Waals surface area contributed by atoms with Crippen molar-refractivity contribution in [3.05, 3.63) is 71.3 Å². The fourth-order valence-corrected chi connectivity index (χ4v) is 3.51. The van der Waals surface area contributed by atoms with E-state index in [1.807, 2.05) is 31.2 Å². The van der Waals surface area contributed by atoms with Crippen LogP contribution in [0.1, 0.15) is 34.3 Å². The molecule has 1 saturated heterocycles. The van der Waals surface area contributed by atoms with Gasteiger partial charge in [0.05, 0.1) is 0 Å². The fraction of sp³-hybridized carbons (Fsp3) is 0.423. The molecule has 1 amide bonds. The van der Waals surface area contributed by atoms with Gasteiger partial charge in [0.25, 0.3) is 5.91 Å². The molecule has 0 saturated carbocycles. The molecular weight excluding hydrogens is 548 g/mol. The Bertz CT molecular complexity index is 1050. The number of hydrogen-bond donors (Lipinski definition) is 4. The number of hydrogen-bond acceptors (Lipinski definition) is 5. The predicted octanol–water partition coefficient (Wildman–Crippen LogP) is 4.25. The third-order valence-electron chi connectivity index (χ3n) is 5.55. The molecule has 0 bridgehead atoms. The summed E-state index contributed by atoms with van der Waals surface area (Å²) in [5.74, 6) is -5.50. The van der Waals surface area contributed by atoms with E-state index in [1.54, 1.807) is 0 Å². The summed E-state index contributed by atoms with van der Waals surface area (Å²) in [6.07, 6.45) is -7.84. The van der Waals surface area contributed by atoms with Crippen LogP contribution in [-0.4, -0.2) is 77.5 Å². The number of amides is 1. The minimum absolute atomic E-state index is 0.0163. The normalized spacial score (nSPS) is 14.2. The second-order valence-electron chi connectivity index (χ2n) is 8.67. The molecule has 0 atom stereocenters. The number of carbonyl (C=O) groups is 3. The molecule has 0 aliphatic carbocycles. The topological polar surface area (TPSA) is 119 Å². The SMILES string of the molecule is Cc1ccccc1C(=O)NCCNC1CCN(Cc2ccccc2)CC1.O=C(O)C(F)(F)F.O=C(O)C(F)(F)F. The van der Waals surface area contributed by atoms with Gasteiger partial charge in [0.15, 0.2) is 0 Å². The first kappa shape index (κ1) is 34.4. The summed E-state index contributed by atoms with van der Waals surface area (Å²) in [5, 5.41) is 20.8. The number of nitrogens with one attached hydrogen (secondary N) is 2. The Morgan fingerprint density at radius 1 is 0.825 bits per heavy atom. The zero-order valence-corrected chi connectivity index (χ0v) is 21.6. The highest BCUT2D eigenvalue weighted by molar-refractivity contribution is 5.95. The van der Waals surface area contributed by atoms with Crippen LogP contribution in [0.5, 0.6) is 0 Å². The van der Waals surface area contributed by atoms with Crippen molar-refractivity contribution in [3.63, 3.8) is 0 Å². The number of piperidine rings is 1. The lowest BCUT2D eigenvalue weighted by molar-refractivity contribution is -0.193. The lowest BCUT2D eigenvalue weighted by atomic mass is 10.0. The van der Waals surface area contributed by atoms with Crippen LogP contribution in [-0.2, 0) is 16.1 Å². The van der Waals surface area contributed by atoms with Crippen molar-refractivity contribution in [1.82, 2.24) is 15.5 Å². The summed E-state index contributed by atoms with van der Waals surface area (Å²) in [7, 11) is 0. The standard InChI is InChI=1S/C22H29N3O.2C2HF3O2/c1-18-7-5-6-10-21(18)22(26)24-14-13-23-20-11-15-25(16-12-20)17-19-8-3-2-4-9-19;2*3-2(4,5)1(6)7/h2-10,20,23H,11-17H2,1H3,(H,24,26);2*(H,6,7). The quantitative estimate of drug-likeness (QED) is 0.286. The van der Waals surface area contributed by atoms with Crippen molar-refractivity contribution in [3.8, 4) is 0 Å². The molecule has 0 radical (unpaired) electrons. The van der Waals surface area contributed by atoms with Gasteiger partial charge in [-0.25, -0.2) is 9.59 Å². The van der Waals surface area contributed by atoms with Gasteiger partial charge in [-0.3, -0.25) is 9.69 Å². The number of likely N-dealkylation sites (tertiary alicyclic amines) is 1.